The minimum Gasteiger partial charge on any atom is -0.384 e. The second-order valence-corrected chi connectivity index (χ2v) is 5.10. The summed E-state index contributed by atoms with van der Waals surface area (Å²) >= 11 is 1.53. The normalized spacial score (nSPS) is 11.5. The van der Waals surface area contributed by atoms with E-state index in [9.17, 15) is 4.79 Å². The van der Waals surface area contributed by atoms with Gasteiger partial charge in [-0.05, 0) is 24.4 Å². The number of nitrogens with one attached hydrogen (secondary N) is 1. The number of hydrogen-bond donors (Lipinski definition) is 2. The molecule has 0 aliphatic heterocycles. The van der Waals surface area contributed by atoms with Crippen LogP contribution in [0.4, 0.5) is 0 Å². The molecule has 6 heteroatoms. The number of aliphatic hydroxyl groups is 1. The molecular weight excluding hydrogens is 274 g/mol. The summed E-state index contributed by atoms with van der Waals surface area (Å²) in [5.74, 6) is 5.38. The fourth-order valence-electron chi connectivity index (χ4n) is 1.67. The molecule has 0 radical (unpaired) electrons. The summed E-state index contributed by atoms with van der Waals surface area (Å²) in [7, 11) is 0. The van der Waals surface area contributed by atoms with Crippen molar-refractivity contribution in [3.8, 4) is 11.8 Å². The first-order chi connectivity index (χ1) is 9.72. The van der Waals surface area contributed by atoms with Gasteiger partial charge in [-0.3, -0.25) is 9.48 Å². The molecule has 0 saturated carbocycles. The Morgan fingerprint density at radius 3 is 3.20 bits per heavy atom. The molecule has 0 aliphatic carbocycles. The Morgan fingerprint density at radius 1 is 1.65 bits per heavy atom. The number of amides is 1. The molecule has 2 aromatic rings. The summed E-state index contributed by atoms with van der Waals surface area (Å²) in [6.07, 6.45) is 3.40. The largest absolute Gasteiger partial charge is 0.384 e. The average Bonchev–Trinajstić information content (AvgIpc) is 3.12. The van der Waals surface area contributed by atoms with Crippen molar-refractivity contribution in [2.75, 3.05) is 6.61 Å². The lowest BCUT2D eigenvalue weighted by Crippen LogP contribution is -2.30. The fraction of sp³-hybridized carbons (Fsp3) is 0.286. The number of thiophene rings is 1. The van der Waals surface area contributed by atoms with Gasteiger partial charge in [0.25, 0.3) is 0 Å². The lowest BCUT2D eigenvalue weighted by Gasteiger charge is -2.12. The maximum Gasteiger partial charge on any atom is 0.244 e. The molecular formula is C14H15N3O2S. The minimum atomic E-state index is -0.350. The monoisotopic (exact) mass is 289 g/mol. The van der Waals surface area contributed by atoms with E-state index < -0.39 is 0 Å². The van der Waals surface area contributed by atoms with E-state index >= 15 is 0 Å². The van der Waals surface area contributed by atoms with Crippen molar-refractivity contribution < 1.29 is 9.90 Å². The average molecular weight is 289 g/mol. The molecule has 1 amide bonds. The minimum absolute atomic E-state index is 0.0943. The van der Waals surface area contributed by atoms with Crippen LogP contribution < -0.4 is 5.32 Å². The van der Waals surface area contributed by atoms with E-state index in [0.29, 0.717) is 6.54 Å². The van der Waals surface area contributed by atoms with E-state index in [2.05, 4.69) is 22.3 Å². The van der Waals surface area contributed by atoms with Gasteiger partial charge in [-0.25, -0.2) is 0 Å². The van der Waals surface area contributed by atoms with Crippen molar-refractivity contribution in [1.29, 1.82) is 0 Å². The fourth-order valence-corrected chi connectivity index (χ4v) is 2.44. The Kier molecular flexibility index (Phi) is 4.93. The van der Waals surface area contributed by atoms with Gasteiger partial charge in [0, 0.05) is 22.8 Å². The lowest BCUT2D eigenvalue weighted by molar-refractivity contribution is -0.124. The van der Waals surface area contributed by atoms with Crippen LogP contribution in [0.15, 0.2) is 29.9 Å². The van der Waals surface area contributed by atoms with Crippen LogP contribution in [0.1, 0.15) is 23.4 Å². The van der Waals surface area contributed by atoms with Gasteiger partial charge in [-0.1, -0.05) is 11.8 Å². The van der Waals surface area contributed by atoms with E-state index in [1.165, 1.54) is 11.3 Å². The predicted octanol–water partition coefficient (Wildman–Crippen LogP) is 1.17. The van der Waals surface area contributed by atoms with Crippen molar-refractivity contribution in [2.45, 2.75) is 19.5 Å². The number of carbonyl (C=O) groups is 1. The van der Waals surface area contributed by atoms with Crippen molar-refractivity contribution >= 4 is 17.2 Å². The van der Waals surface area contributed by atoms with E-state index in [1.807, 2.05) is 11.4 Å². The molecule has 2 N–H and O–H groups in total. The molecule has 5 nitrogen and oxygen atoms in total. The summed E-state index contributed by atoms with van der Waals surface area (Å²) in [6, 6.07) is 3.31. The van der Waals surface area contributed by atoms with Gasteiger partial charge < -0.3 is 10.4 Å². The van der Waals surface area contributed by atoms with Gasteiger partial charge in [-0.2, -0.15) is 5.10 Å². The standard InChI is InChI=1S/C14H15N3O2S/c1-11(17-7-3-6-16-17)14(19)15-10-13-12(4-2-8-18)5-9-20-13/h3,5-7,9,11,18H,8,10H2,1H3,(H,15,19). The highest BCUT2D eigenvalue weighted by Crippen LogP contribution is 2.15. The molecule has 104 valence electrons. The summed E-state index contributed by atoms with van der Waals surface area (Å²) in [4.78, 5) is 13.0. The van der Waals surface area contributed by atoms with Crippen LogP contribution in [0, 0.1) is 11.8 Å². The first-order valence-electron chi connectivity index (χ1n) is 6.15. The van der Waals surface area contributed by atoms with Crippen LogP contribution in [0.5, 0.6) is 0 Å². The van der Waals surface area contributed by atoms with Gasteiger partial charge in [0.2, 0.25) is 5.91 Å². The van der Waals surface area contributed by atoms with Crippen molar-refractivity contribution in [3.05, 3.63) is 40.3 Å². The molecule has 2 rings (SSSR count). The highest BCUT2D eigenvalue weighted by Gasteiger charge is 2.15. The molecule has 20 heavy (non-hydrogen) atoms. The zero-order chi connectivity index (χ0) is 14.4. The van der Waals surface area contributed by atoms with E-state index in [1.54, 1.807) is 30.1 Å². The summed E-state index contributed by atoms with van der Waals surface area (Å²) in [6.45, 7) is 2.05. The quantitative estimate of drug-likeness (QED) is 0.830. The molecule has 0 aliphatic rings. The number of rotatable bonds is 4. The van der Waals surface area contributed by atoms with Gasteiger partial charge in [-0.15, -0.1) is 11.3 Å². The van der Waals surface area contributed by atoms with E-state index in [4.69, 9.17) is 5.11 Å². The number of hydrogen-bond acceptors (Lipinski definition) is 4. The van der Waals surface area contributed by atoms with Crippen LogP contribution >= 0.6 is 11.3 Å². The van der Waals surface area contributed by atoms with Crippen LogP contribution in [0.2, 0.25) is 0 Å². The van der Waals surface area contributed by atoms with E-state index in [0.717, 1.165) is 10.4 Å². The lowest BCUT2D eigenvalue weighted by atomic mass is 10.2. The number of aliphatic hydroxyl groups excluding tert-OH is 1. The molecule has 0 spiro atoms. The maximum absolute atomic E-state index is 12.0. The maximum atomic E-state index is 12.0. The first-order valence-corrected chi connectivity index (χ1v) is 7.03. The van der Waals surface area contributed by atoms with Crippen LogP contribution in [0.3, 0.4) is 0 Å². The molecule has 0 saturated heterocycles. The van der Waals surface area contributed by atoms with Crippen molar-refractivity contribution in [1.82, 2.24) is 15.1 Å². The van der Waals surface area contributed by atoms with Crippen molar-refractivity contribution in [3.63, 3.8) is 0 Å². The zero-order valence-corrected chi connectivity index (χ0v) is 11.9. The highest BCUT2D eigenvalue weighted by molar-refractivity contribution is 7.10. The predicted molar refractivity (Wildman–Crippen MR) is 77.1 cm³/mol. The van der Waals surface area contributed by atoms with Gasteiger partial charge in [0.15, 0.2) is 0 Å². The summed E-state index contributed by atoms with van der Waals surface area (Å²) in [5.41, 5.74) is 0.844. The Hall–Kier alpha value is -2.10. The molecule has 1 atom stereocenters. The second kappa shape index (κ2) is 6.89. The number of aromatic nitrogens is 2. The Bertz CT molecular complexity index is 622. The Morgan fingerprint density at radius 2 is 2.50 bits per heavy atom. The molecule has 0 aromatic carbocycles. The van der Waals surface area contributed by atoms with E-state index in [-0.39, 0.29) is 18.6 Å². The summed E-state index contributed by atoms with van der Waals surface area (Å²) < 4.78 is 1.61. The topological polar surface area (TPSA) is 67.2 Å². The molecule has 2 heterocycles. The summed E-state index contributed by atoms with van der Waals surface area (Å²) in [5, 5.41) is 17.5. The Labute approximate surface area is 121 Å². The molecule has 1 unspecified atom stereocenters. The van der Waals surface area contributed by atoms with Crippen LogP contribution in [-0.4, -0.2) is 27.4 Å². The Balaban J connectivity index is 1.95. The van der Waals surface area contributed by atoms with Gasteiger partial charge in [0.05, 0.1) is 6.54 Å². The van der Waals surface area contributed by atoms with Crippen molar-refractivity contribution in [2.24, 2.45) is 0 Å². The van der Waals surface area contributed by atoms with Gasteiger partial charge in [0.1, 0.15) is 12.6 Å². The smallest absolute Gasteiger partial charge is 0.244 e. The zero-order valence-electron chi connectivity index (χ0n) is 11.0. The SMILES string of the molecule is CC(C(=O)NCc1sccc1C#CCO)n1cccn1. The first kappa shape index (κ1) is 14.3. The third-order valence-corrected chi connectivity index (χ3v) is 3.69. The molecule has 2 aromatic heterocycles. The van der Waals surface area contributed by atoms with Gasteiger partial charge >= 0.3 is 0 Å². The molecule has 0 fully saturated rings. The van der Waals surface area contributed by atoms with Crippen LogP contribution in [0.25, 0.3) is 0 Å². The number of carbonyl (C=O) groups excluding carboxylic acids is 1. The van der Waals surface area contributed by atoms with Crippen LogP contribution in [-0.2, 0) is 11.3 Å². The third-order valence-electron chi connectivity index (χ3n) is 2.77. The second-order valence-electron chi connectivity index (χ2n) is 4.10. The third kappa shape index (κ3) is 3.47. The molecule has 0 bridgehead atoms. The number of nitrogens with zero attached hydrogens (tertiary/aromatic N) is 2. The highest BCUT2D eigenvalue weighted by atomic mass is 32.1.